The van der Waals surface area contributed by atoms with Crippen molar-refractivity contribution in [1.82, 2.24) is 9.78 Å². The summed E-state index contributed by atoms with van der Waals surface area (Å²) in [6.07, 6.45) is 0. The first kappa shape index (κ1) is 10.4. The molecule has 0 bridgehead atoms. The summed E-state index contributed by atoms with van der Waals surface area (Å²) in [5.74, 6) is 0. The van der Waals surface area contributed by atoms with Crippen LogP contribution in [0.15, 0.2) is 22.7 Å². The van der Waals surface area contributed by atoms with Gasteiger partial charge in [-0.1, -0.05) is 15.9 Å². The molecular formula is C10H10BrIN2. The lowest BCUT2D eigenvalue weighted by Crippen LogP contribution is -2.02. The number of fused-ring (bicyclic) bond motifs is 1. The topological polar surface area (TPSA) is 17.8 Å². The van der Waals surface area contributed by atoms with Crippen molar-refractivity contribution < 1.29 is 0 Å². The Morgan fingerprint density at radius 1 is 1.43 bits per heavy atom. The Morgan fingerprint density at radius 3 is 2.79 bits per heavy atom. The number of nitrogens with zero attached hydrogens (tertiary/aromatic N) is 2. The van der Waals surface area contributed by atoms with E-state index in [4.69, 9.17) is 0 Å². The largest absolute Gasteiger partial charge is 0.261 e. The quantitative estimate of drug-likeness (QED) is 0.700. The SMILES string of the molecule is CC(C)n1nc(I)c2ccc(Br)cc21. The van der Waals surface area contributed by atoms with Crippen molar-refractivity contribution in [2.24, 2.45) is 0 Å². The van der Waals surface area contributed by atoms with E-state index < -0.39 is 0 Å². The lowest BCUT2D eigenvalue weighted by Gasteiger charge is -2.06. The fraction of sp³-hybridized carbons (Fsp3) is 0.300. The molecule has 0 N–H and O–H groups in total. The highest BCUT2D eigenvalue weighted by molar-refractivity contribution is 14.1. The molecule has 0 aliphatic heterocycles. The van der Waals surface area contributed by atoms with Crippen molar-refractivity contribution in [2.75, 3.05) is 0 Å². The van der Waals surface area contributed by atoms with Gasteiger partial charge in [0, 0.05) is 15.9 Å². The summed E-state index contributed by atoms with van der Waals surface area (Å²) in [5.41, 5.74) is 1.19. The molecule has 0 saturated carbocycles. The second kappa shape index (κ2) is 3.81. The van der Waals surface area contributed by atoms with Crippen LogP contribution in [0.1, 0.15) is 19.9 Å². The Hall–Kier alpha value is -0.100. The van der Waals surface area contributed by atoms with Crippen molar-refractivity contribution in [1.29, 1.82) is 0 Å². The molecule has 4 heteroatoms. The smallest absolute Gasteiger partial charge is 0.131 e. The van der Waals surface area contributed by atoms with Crippen molar-refractivity contribution in [2.45, 2.75) is 19.9 Å². The van der Waals surface area contributed by atoms with E-state index in [9.17, 15) is 0 Å². The summed E-state index contributed by atoms with van der Waals surface area (Å²) >= 11 is 5.76. The Kier molecular flexibility index (Phi) is 2.83. The van der Waals surface area contributed by atoms with Gasteiger partial charge in [0.05, 0.1) is 5.52 Å². The van der Waals surface area contributed by atoms with Crippen LogP contribution in [0, 0.1) is 3.70 Å². The van der Waals surface area contributed by atoms with Crippen LogP contribution in [0.25, 0.3) is 10.9 Å². The van der Waals surface area contributed by atoms with E-state index in [1.807, 2.05) is 0 Å². The van der Waals surface area contributed by atoms with Gasteiger partial charge in [0.25, 0.3) is 0 Å². The molecule has 74 valence electrons. The second-order valence-electron chi connectivity index (χ2n) is 3.49. The fourth-order valence-electron chi connectivity index (χ4n) is 1.46. The molecule has 0 aliphatic rings. The van der Waals surface area contributed by atoms with E-state index in [0.717, 1.165) is 8.17 Å². The maximum Gasteiger partial charge on any atom is 0.131 e. The van der Waals surface area contributed by atoms with Crippen molar-refractivity contribution in [3.05, 3.63) is 26.4 Å². The average molecular weight is 365 g/mol. The summed E-state index contributed by atoms with van der Waals surface area (Å²) in [6.45, 7) is 4.28. The first-order chi connectivity index (χ1) is 6.59. The third-order valence-corrected chi connectivity index (χ3v) is 3.40. The summed E-state index contributed by atoms with van der Waals surface area (Å²) in [7, 11) is 0. The Bertz CT molecular complexity index is 476. The third-order valence-electron chi connectivity index (χ3n) is 2.11. The lowest BCUT2D eigenvalue weighted by molar-refractivity contribution is 0.547. The Morgan fingerprint density at radius 2 is 2.14 bits per heavy atom. The standard InChI is InChI=1S/C10H10BrIN2/c1-6(2)14-9-5-7(11)3-4-8(9)10(12)13-14/h3-6H,1-2H3. The van der Waals surface area contributed by atoms with Gasteiger partial charge in [0.15, 0.2) is 0 Å². The number of halogens is 2. The summed E-state index contributed by atoms with van der Waals surface area (Å²) in [4.78, 5) is 0. The number of rotatable bonds is 1. The molecule has 2 aromatic rings. The minimum absolute atomic E-state index is 0.398. The molecule has 1 aromatic heterocycles. The van der Waals surface area contributed by atoms with Crippen molar-refractivity contribution >= 4 is 49.4 Å². The van der Waals surface area contributed by atoms with Crippen LogP contribution in [0.2, 0.25) is 0 Å². The van der Waals surface area contributed by atoms with Gasteiger partial charge in [-0.2, -0.15) is 5.10 Å². The van der Waals surface area contributed by atoms with Gasteiger partial charge in [0.1, 0.15) is 3.70 Å². The molecule has 1 heterocycles. The van der Waals surface area contributed by atoms with E-state index in [2.05, 4.69) is 80.3 Å². The first-order valence-corrected chi connectivity index (χ1v) is 6.30. The Balaban J connectivity index is 2.79. The van der Waals surface area contributed by atoms with Gasteiger partial charge in [-0.15, -0.1) is 0 Å². The molecule has 1 aromatic carbocycles. The highest BCUT2D eigenvalue weighted by atomic mass is 127. The van der Waals surface area contributed by atoms with E-state index in [1.165, 1.54) is 10.9 Å². The number of hydrogen-bond donors (Lipinski definition) is 0. The van der Waals surface area contributed by atoms with Gasteiger partial charge in [-0.25, -0.2) is 0 Å². The molecule has 0 fully saturated rings. The van der Waals surface area contributed by atoms with Crippen LogP contribution < -0.4 is 0 Å². The van der Waals surface area contributed by atoms with Crippen LogP contribution in [0.3, 0.4) is 0 Å². The van der Waals surface area contributed by atoms with Crippen LogP contribution in [-0.4, -0.2) is 9.78 Å². The average Bonchev–Trinajstić information content (AvgIpc) is 2.43. The van der Waals surface area contributed by atoms with E-state index in [-0.39, 0.29) is 0 Å². The fourth-order valence-corrected chi connectivity index (χ4v) is 2.50. The zero-order valence-electron chi connectivity index (χ0n) is 7.96. The number of benzene rings is 1. The van der Waals surface area contributed by atoms with Gasteiger partial charge in [-0.3, -0.25) is 4.68 Å². The van der Waals surface area contributed by atoms with E-state index in [1.54, 1.807) is 0 Å². The molecular weight excluding hydrogens is 355 g/mol. The zero-order valence-corrected chi connectivity index (χ0v) is 11.7. The van der Waals surface area contributed by atoms with Crippen LogP contribution in [0.4, 0.5) is 0 Å². The van der Waals surface area contributed by atoms with Crippen molar-refractivity contribution in [3.63, 3.8) is 0 Å². The maximum atomic E-state index is 4.51. The zero-order chi connectivity index (χ0) is 10.3. The summed E-state index contributed by atoms with van der Waals surface area (Å²) in [6, 6.07) is 6.67. The van der Waals surface area contributed by atoms with E-state index in [0.29, 0.717) is 6.04 Å². The summed E-state index contributed by atoms with van der Waals surface area (Å²) in [5, 5.41) is 5.74. The number of hydrogen-bond acceptors (Lipinski definition) is 1. The van der Waals surface area contributed by atoms with Gasteiger partial charge in [0.2, 0.25) is 0 Å². The molecule has 0 unspecified atom stereocenters. The molecule has 2 rings (SSSR count). The monoisotopic (exact) mass is 364 g/mol. The van der Waals surface area contributed by atoms with Gasteiger partial charge < -0.3 is 0 Å². The molecule has 0 atom stereocenters. The lowest BCUT2D eigenvalue weighted by atomic mass is 10.2. The highest BCUT2D eigenvalue weighted by Crippen LogP contribution is 2.25. The number of aromatic nitrogens is 2. The van der Waals surface area contributed by atoms with Gasteiger partial charge in [-0.05, 0) is 54.6 Å². The maximum absolute atomic E-state index is 4.51. The van der Waals surface area contributed by atoms with E-state index >= 15 is 0 Å². The minimum atomic E-state index is 0.398. The molecule has 0 aliphatic carbocycles. The minimum Gasteiger partial charge on any atom is -0.261 e. The normalized spacial score (nSPS) is 11.5. The summed E-state index contributed by atoms with van der Waals surface area (Å²) < 4.78 is 4.23. The first-order valence-electron chi connectivity index (χ1n) is 4.43. The molecule has 0 saturated heterocycles. The van der Waals surface area contributed by atoms with Gasteiger partial charge >= 0.3 is 0 Å². The van der Waals surface area contributed by atoms with Crippen LogP contribution in [0.5, 0.6) is 0 Å². The molecule has 14 heavy (non-hydrogen) atoms. The third kappa shape index (κ3) is 1.69. The van der Waals surface area contributed by atoms with Crippen LogP contribution in [-0.2, 0) is 0 Å². The molecule has 2 nitrogen and oxygen atoms in total. The predicted octanol–water partition coefficient (Wildman–Crippen LogP) is 3.98. The van der Waals surface area contributed by atoms with Crippen LogP contribution >= 0.6 is 38.5 Å². The molecule has 0 spiro atoms. The molecule has 0 amide bonds. The predicted molar refractivity (Wildman–Crippen MR) is 70.5 cm³/mol. The van der Waals surface area contributed by atoms with Crippen molar-refractivity contribution in [3.8, 4) is 0 Å². The highest BCUT2D eigenvalue weighted by Gasteiger charge is 2.10. The second-order valence-corrected chi connectivity index (χ2v) is 5.43. The Labute approximate surface area is 105 Å². The molecule has 0 radical (unpaired) electrons.